The molecule has 2 saturated heterocycles. The molecular formula is C20H30N2O. The molecule has 3 rings (SSSR count). The van der Waals surface area contributed by atoms with E-state index >= 15 is 0 Å². The average Bonchev–Trinajstić information content (AvgIpc) is 2.54. The number of likely N-dealkylation sites (tertiary alicyclic amines) is 1. The average molecular weight is 314 g/mol. The quantitative estimate of drug-likeness (QED) is 0.856. The highest BCUT2D eigenvalue weighted by molar-refractivity contribution is 5.94. The van der Waals surface area contributed by atoms with Gasteiger partial charge in [-0.25, -0.2) is 0 Å². The molecule has 0 bridgehead atoms. The predicted molar refractivity (Wildman–Crippen MR) is 94.9 cm³/mol. The Balaban J connectivity index is 1.72. The molecule has 3 heteroatoms. The van der Waals surface area contributed by atoms with E-state index in [-0.39, 0.29) is 16.9 Å². The van der Waals surface area contributed by atoms with Crippen LogP contribution in [0.1, 0.15) is 68.8 Å². The molecular weight excluding hydrogens is 284 g/mol. The molecule has 0 aromatic heterocycles. The van der Waals surface area contributed by atoms with Crippen LogP contribution in [-0.2, 0) is 5.41 Å². The molecule has 1 unspecified atom stereocenters. The van der Waals surface area contributed by atoms with Crippen LogP contribution in [0.4, 0.5) is 0 Å². The highest BCUT2D eigenvalue weighted by Gasteiger charge is 2.37. The number of benzene rings is 1. The van der Waals surface area contributed by atoms with Gasteiger partial charge in [0.2, 0.25) is 0 Å². The molecule has 3 nitrogen and oxygen atoms in total. The monoisotopic (exact) mass is 314 g/mol. The summed E-state index contributed by atoms with van der Waals surface area (Å²) >= 11 is 0. The van der Waals surface area contributed by atoms with E-state index in [1.807, 2.05) is 12.1 Å². The maximum Gasteiger partial charge on any atom is 0.253 e. The van der Waals surface area contributed by atoms with Crippen LogP contribution >= 0.6 is 0 Å². The van der Waals surface area contributed by atoms with Gasteiger partial charge >= 0.3 is 0 Å². The zero-order valence-electron chi connectivity index (χ0n) is 14.8. The summed E-state index contributed by atoms with van der Waals surface area (Å²) in [5.74, 6) is 0.192. The first-order valence-electron chi connectivity index (χ1n) is 9.05. The Bertz CT molecular complexity index is 544. The summed E-state index contributed by atoms with van der Waals surface area (Å²) in [5.41, 5.74) is 2.41. The van der Waals surface area contributed by atoms with Crippen LogP contribution in [0.25, 0.3) is 0 Å². The van der Waals surface area contributed by atoms with Crippen molar-refractivity contribution in [2.24, 2.45) is 0 Å². The van der Waals surface area contributed by atoms with E-state index < -0.39 is 0 Å². The molecule has 0 aliphatic carbocycles. The van der Waals surface area contributed by atoms with Gasteiger partial charge in [0.25, 0.3) is 5.91 Å². The summed E-state index contributed by atoms with van der Waals surface area (Å²) in [6, 6.07) is 8.20. The number of carbonyl (C=O) groups is 1. The SMILES string of the molecule is CC(C)(C)c1ccc(C(=O)N2CCCC3(CCCCN3)C2)cc1. The highest BCUT2D eigenvalue weighted by Crippen LogP contribution is 2.30. The van der Waals surface area contributed by atoms with E-state index in [2.05, 4.69) is 43.1 Å². The van der Waals surface area contributed by atoms with Crippen molar-refractivity contribution in [2.75, 3.05) is 19.6 Å². The Morgan fingerprint density at radius 1 is 1.09 bits per heavy atom. The van der Waals surface area contributed by atoms with Crippen LogP contribution in [0.2, 0.25) is 0 Å². The van der Waals surface area contributed by atoms with Gasteiger partial charge in [0.05, 0.1) is 0 Å². The number of rotatable bonds is 1. The van der Waals surface area contributed by atoms with E-state index in [4.69, 9.17) is 0 Å². The highest BCUT2D eigenvalue weighted by atomic mass is 16.2. The molecule has 0 saturated carbocycles. The molecule has 2 aliphatic rings. The largest absolute Gasteiger partial charge is 0.337 e. The van der Waals surface area contributed by atoms with Gasteiger partial charge in [0.1, 0.15) is 0 Å². The van der Waals surface area contributed by atoms with Crippen LogP contribution in [0.3, 0.4) is 0 Å². The van der Waals surface area contributed by atoms with Gasteiger partial charge in [0, 0.05) is 24.2 Å². The van der Waals surface area contributed by atoms with Crippen molar-refractivity contribution in [1.82, 2.24) is 10.2 Å². The molecule has 1 aromatic carbocycles. The van der Waals surface area contributed by atoms with E-state index in [0.29, 0.717) is 0 Å². The second-order valence-corrected chi connectivity index (χ2v) is 8.32. The molecule has 0 radical (unpaired) electrons. The molecule has 23 heavy (non-hydrogen) atoms. The summed E-state index contributed by atoms with van der Waals surface area (Å²) in [7, 11) is 0. The molecule has 1 N–H and O–H groups in total. The number of hydrogen-bond acceptors (Lipinski definition) is 2. The Kier molecular flexibility index (Phi) is 4.50. The summed E-state index contributed by atoms with van der Waals surface area (Å²) in [6.07, 6.45) is 6.08. The van der Waals surface area contributed by atoms with Crippen molar-refractivity contribution in [2.45, 2.75) is 63.8 Å². The van der Waals surface area contributed by atoms with Crippen molar-refractivity contribution < 1.29 is 4.79 Å². The molecule has 2 aliphatic heterocycles. The van der Waals surface area contributed by atoms with E-state index in [9.17, 15) is 4.79 Å². The Hall–Kier alpha value is -1.35. The Morgan fingerprint density at radius 3 is 2.39 bits per heavy atom. The smallest absolute Gasteiger partial charge is 0.253 e. The van der Waals surface area contributed by atoms with Crippen molar-refractivity contribution in [3.8, 4) is 0 Å². The van der Waals surface area contributed by atoms with Gasteiger partial charge < -0.3 is 10.2 Å². The fourth-order valence-corrected chi connectivity index (χ4v) is 3.98. The van der Waals surface area contributed by atoms with Crippen molar-refractivity contribution in [3.05, 3.63) is 35.4 Å². The fourth-order valence-electron chi connectivity index (χ4n) is 3.98. The molecule has 1 atom stereocenters. The Morgan fingerprint density at radius 2 is 1.78 bits per heavy atom. The van der Waals surface area contributed by atoms with E-state index in [1.54, 1.807) is 0 Å². The topological polar surface area (TPSA) is 32.3 Å². The maximum absolute atomic E-state index is 12.9. The molecule has 2 heterocycles. The van der Waals surface area contributed by atoms with Crippen LogP contribution < -0.4 is 5.32 Å². The summed E-state index contributed by atoms with van der Waals surface area (Å²) in [4.78, 5) is 14.9. The first kappa shape index (κ1) is 16.5. The summed E-state index contributed by atoms with van der Waals surface area (Å²) in [6.45, 7) is 9.46. The third-order valence-electron chi connectivity index (χ3n) is 5.44. The first-order valence-corrected chi connectivity index (χ1v) is 9.05. The van der Waals surface area contributed by atoms with Crippen LogP contribution in [0.15, 0.2) is 24.3 Å². The Labute approximate surface area is 140 Å². The minimum Gasteiger partial charge on any atom is -0.337 e. The summed E-state index contributed by atoms with van der Waals surface area (Å²) in [5, 5.41) is 3.71. The lowest BCUT2D eigenvalue weighted by Gasteiger charge is -2.46. The van der Waals surface area contributed by atoms with Gasteiger partial charge in [-0.3, -0.25) is 4.79 Å². The normalized spacial score (nSPS) is 25.6. The van der Waals surface area contributed by atoms with Crippen molar-refractivity contribution in [3.63, 3.8) is 0 Å². The molecule has 1 aromatic rings. The lowest BCUT2D eigenvalue weighted by molar-refractivity contribution is 0.0555. The van der Waals surface area contributed by atoms with Gasteiger partial charge in [-0.15, -0.1) is 0 Å². The maximum atomic E-state index is 12.9. The molecule has 1 amide bonds. The van der Waals surface area contributed by atoms with Crippen LogP contribution in [-0.4, -0.2) is 36.0 Å². The van der Waals surface area contributed by atoms with E-state index in [1.165, 1.54) is 31.2 Å². The molecule has 126 valence electrons. The van der Waals surface area contributed by atoms with Crippen LogP contribution in [0.5, 0.6) is 0 Å². The second kappa shape index (κ2) is 6.27. The zero-order valence-corrected chi connectivity index (χ0v) is 14.8. The number of nitrogens with one attached hydrogen (secondary N) is 1. The molecule has 1 spiro atoms. The minimum absolute atomic E-state index is 0.128. The van der Waals surface area contributed by atoms with Crippen molar-refractivity contribution in [1.29, 1.82) is 0 Å². The van der Waals surface area contributed by atoms with Gasteiger partial charge in [-0.2, -0.15) is 0 Å². The number of amides is 1. The number of hydrogen-bond donors (Lipinski definition) is 1. The lowest BCUT2D eigenvalue weighted by Crippen LogP contribution is -2.59. The predicted octanol–water partition coefficient (Wildman–Crippen LogP) is 3.73. The third-order valence-corrected chi connectivity index (χ3v) is 5.44. The zero-order chi connectivity index (χ0) is 16.5. The minimum atomic E-state index is 0.128. The summed E-state index contributed by atoms with van der Waals surface area (Å²) < 4.78 is 0. The van der Waals surface area contributed by atoms with Crippen molar-refractivity contribution >= 4 is 5.91 Å². The standard InChI is InChI=1S/C20H30N2O/c1-19(2,3)17-9-7-16(8-10-17)18(23)22-14-6-12-20(15-22)11-4-5-13-21-20/h7-10,21H,4-6,11-15H2,1-3H3. The lowest BCUT2D eigenvalue weighted by atomic mass is 9.81. The number of nitrogens with zero attached hydrogens (tertiary/aromatic N) is 1. The number of carbonyl (C=O) groups excluding carboxylic acids is 1. The van der Waals surface area contributed by atoms with Gasteiger partial charge in [-0.1, -0.05) is 39.3 Å². The molecule has 2 fully saturated rings. The van der Waals surface area contributed by atoms with E-state index in [0.717, 1.165) is 31.6 Å². The van der Waals surface area contributed by atoms with Crippen LogP contribution in [0, 0.1) is 0 Å². The third kappa shape index (κ3) is 3.60. The number of piperidine rings is 2. The second-order valence-electron chi connectivity index (χ2n) is 8.32. The van der Waals surface area contributed by atoms with Gasteiger partial charge in [-0.05, 0) is 55.3 Å². The first-order chi connectivity index (χ1) is 10.9. The fraction of sp³-hybridized carbons (Fsp3) is 0.650. The van der Waals surface area contributed by atoms with Gasteiger partial charge in [0.15, 0.2) is 0 Å².